The molecule has 2 aromatic heterocycles. The number of carbonyl (C=O) groups excluding carboxylic acids is 1. The van der Waals surface area contributed by atoms with Crippen molar-refractivity contribution in [1.29, 1.82) is 0 Å². The number of hydrogen-bond acceptors (Lipinski definition) is 8. The number of hydrogen-bond donors (Lipinski definition) is 3. The van der Waals surface area contributed by atoms with Crippen molar-refractivity contribution in [2.75, 3.05) is 41.7 Å². The van der Waals surface area contributed by atoms with E-state index in [-0.39, 0.29) is 11.8 Å². The van der Waals surface area contributed by atoms with Crippen molar-refractivity contribution >= 4 is 40.8 Å². The largest absolute Gasteiger partial charge is 0.354 e. The zero-order valence-electron chi connectivity index (χ0n) is 21.0. The monoisotopic (exact) mass is 526 g/mol. The van der Waals surface area contributed by atoms with E-state index in [2.05, 4.69) is 61.0 Å². The maximum atomic E-state index is 12.1. The predicted molar refractivity (Wildman–Crippen MR) is 150 cm³/mol. The van der Waals surface area contributed by atoms with Gasteiger partial charge < -0.3 is 15.5 Å². The summed E-state index contributed by atoms with van der Waals surface area (Å²) >= 11 is 1.50. The number of rotatable bonds is 9. The fourth-order valence-corrected chi connectivity index (χ4v) is 5.19. The quantitative estimate of drug-likeness (QED) is 0.268. The smallest absolute Gasteiger partial charge is 0.227 e. The Labute approximate surface area is 226 Å². The Kier molecular flexibility index (Phi) is 7.23. The number of nitrogens with one attached hydrogen (secondary N) is 3. The predicted octanol–water partition coefficient (Wildman–Crippen LogP) is 4.77. The van der Waals surface area contributed by atoms with Gasteiger partial charge in [-0.05, 0) is 54.4 Å². The fraction of sp³-hybridized carbons (Fsp3) is 0.286. The van der Waals surface area contributed by atoms with Crippen LogP contribution < -0.4 is 15.5 Å². The lowest BCUT2D eigenvalue weighted by Crippen LogP contribution is -2.46. The van der Waals surface area contributed by atoms with Gasteiger partial charge in [-0.3, -0.25) is 14.8 Å². The summed E-state index contributed by atoms with van der Waals surface area (Å²) in [4.78, 5) is 27.5. The van der Waals surface area contributed by atoms with Gasteiger partial charge in [0.15, 0.2) is 5.16 Å². The Morgan fingerprint density at radius 2 is 1.76 bits per heavy atom. The molecule has 1 aliphatic heterocycles. The van der Waals surface area contributed by atoms with E-state index in [0.717, 1.165) is 67.8 Å². The van der Waals surface area contributed by atoms with E-state index in [1.54, 1.807) is 6.20 Å². The summed E-state index contributed by atoms with van der Waals surface area (Å²) in [6.45, 7) is 4.69. The number of H-pyrrole nitrogens is 1. The van der Waals surface area contributed by atoms with Gasteiger partial charge in [-0.2, -0.15) is 5.10 Å². The molecule has 2 fully saturated rings. The van der Waals surface area contributed by atoms with Crippen LogP contribution in [-0.2, 0) is 11.3 Å². The molecule has 1 saturated heterocycles. The lowest BCUT2D eigenvalue weighted by atomic mass is 10.2. The lowest BCUT2D eigenvalue weighted by molar-refractivity contribution is -0.117. The zero-order valence-corrected chi connectivity index (χ0v) is 21.8. The van der Waals surface area contributed by atoms with Crippen molar-refractivity contribution in [3.8, 4) is 0 Å². The second-order valence-electron chi connectivity index (χ2n) is 9.63. The molecule has 0 radical (unpaired) electrons. The number of carbonyl (C=O) groups is 1. The van der Waals surface area contributed by atoms with E-state index in [4.69, 9.17) is 9.97 Å². The highest BCUT2D eigenvalue weighted by Crippen LogP contribution is 2.32. The Bertz CT molecular complexity index is 1350. The van der Waals surface area contributed by atoms with Crippen LogP contribution in [0, 0.1) is 5.92 Å². The Morgan fingerprint density at radius 1 is 0.974 bits per heavy atom. The number of benzene rings is 2. The van der Waals surface area contributed by atoms with Crippen LogP contribution in [0.25, 0.3) is 0 Å². The molecule has 38 heavy (non-hydrogen) atoms. The molecule has 0 atom stereocenters. The molecular formula is C28H30N8OS. The third-order valence-corrected chi connectivity index (χ3v) is 7.55. The van der Waals surface area contributed by atoms with Crippen molar-refractivity contribution in [3.63, 3.8) is 0 Å². The highest BCUT2D eigenvalue weighted by Gasteiger charge is 2.29. The molecule has 1 saturated carbocycles. The third kappa shape index (κ3) is 6.32. The van der Waals surface area contributed by atoms with E-state index in [1.807, 2.05) is 36.4 Å². The first-order chi connectivity index (χ1) is 18.7. The van der Waals surface area contributed by atoms with Crippen molar-refractivity contribution in [2.45, 2.75) is 29.4 Å². The molecule has 1 aliphatic carbocycles. The molecular weight excluding hydrogens is 496 g/mol. The molecule has 10 heteroatoms. The highest BCUT2D eigenvalue weighted by atomic mass is 32.2. The molecule has 9 nitrogen and oxygen atoms in total. The molecule has 0 unspecified atom stereocenters. The fourth-order valence-electron chi connectivity index (χ4n) is 4.43. The number of anilines is 4. The van der Waals surface area contributed by atoms with Crippen LogP contribution >= 0.6 is 11.8 Å². The van der Waals surface area contributed by atoms with Gasteiger partial charge in [0, 0.05) is 61.4 Å². The highest BCUT2D eigenvalue weighted by molar-refractivity contribution is 7.99. The van der Waals surface area contributed by atoms with Gasteiger partial charge in [-0.25, -0.2) is 9.97 Å². The first-order valence-electron chi connectivity index (χ1n) is 12.9. The van der Waals surface area contributed by atoms with Gasteiger partial charge in [0.25, 0.3) is 0 Å². The van der Waals surface area contributed by atoms with Crippen molar-refractivity contribution < 1.29 is 4.79 Å². The van der Waals surface area contributed by atoms with Gasteiger partial charge in [0.2, 0.25) is 5.91 Å². The standard InChI is InChI=1S/C28H30N8OS/c37-27(21-6-7-21)30-22-8-10-23(11-9-22)38-28-32-25(31-24-12-13-29-34-24)18-26(33-28)36-16-14-35(15-17-36)19-20-4-2-1-3-5-20/h1-5,8-13,18,21H,6-7,14-17,19H2,(H,30,37)(H2,29,31,32,33,34). The Morgan fingerprint density at radius 3 is 2.47 bits per heavy atom. The van der Waals surface area contributed by atoms with E-state index >= 15 is 0 Å². The first-order valence-corrected chi connectivity index (χ1v) is 13.7. The van der Waals surface area contributed by atoms with Crippen LogP contribution in [-0.4, -0.2) is 57.2 Å². The van der Waals surface area contributed by atoms with Crippen LogP contribution in [0.5, 0.6) is 0 Å². The van der Waals surface area contributed by atoms with Crippen LogP contribution in [0.4, 0.5) is 23.1 Å². The SMILES string of the molecule is O=C(Nc1ccc(Sc2nc(Nc3ccn[nH]3)cc(N3CCN(Cc4ccccc4)CC3)n2)cc1)C1CC1. The molecule has 6 rings (SSSR count). The minimum atomic E-state index is 0.111. The summed E-state index contributed by atoms with van der Waals surface area (Å²) in [5.74, 6) is 2.68. The van der Waals surface area contributed by atoms with Gasteiger partial charge in [-0.15, -0.1) is 0 Å². The molecule has 4 aromatic rings. The Hall–Kier alpha value is -3.89. The van der Waals surface area contributed by atoms with Crippen molar-refractivity contribution in [1.82, 2.24) is 25.1 Å². The van der Waals surface area contributed by atoms with E-state index in [1.165, 1.54) is 17.3 Å². The molecule has 1 amide bonds. The average Bonchev–Trinajstić information content (AvgIpc) is 3.68. The third-order valence-electron chi connectivity index (χ3n) is 6.68. The summed E-state index contributed by atoms with van der Waals surface area (Å²) in [7, 11) is 0. The minimum absolute atomic E-state index is 0.111. The van der Waals surface area contributed by atoms with E-state index < -0.39 is 0 Å². The molecule has 194 valence electrons. The van der Waals surface area contributed by atoms with Crippen LogP contribution in [0.2, 0.25) is 0 Å². The molecule has 3 N–H and O–H groups in total. The minimum Gasteiger partial charge on any atom is -0.354 e. The maximum Gasteiger partial charge on any atom is 0.227 e. The second kappa shape index (κ2) is 11.2. The first kappa shape index (κ1) is 24.4. The number of amides is 1. The number of nitrogens with zero attached hydrogens (tertiary/aromatic N) is 5. The van der Waals surface area contributed by atoms with Crippen LogP contribution in [0.3, 0.4) is 0 Å². The normalized spacial score (nSPS) is 15.8. The van der Waals surface area contributed by atoms with E-state index in [9.17, 15) is 4.79 Å². The topological polar surface area (TPSA) is 102 Å². The van der Waals surface area contributed by atoms with Crippen molar-refractivity contribution in [3.05, 3.63) is 78.5 Å². The lowest BCUT2D eigenvalue weighted by Gasteiger charge is -2.35. The Balaban J connectivity index is 1.15. The summed E-state index contributed by atoms with van der Waals surface area (Å²) in [6, 6.07) is 22.3. The summed E-state index contributed by atoms with van der Waals surface area (Å²) in [5.41, 5.74) is 2.15. The summed E-state index contributed by atoms with van der Waals surface area (Å²) < 4.78 is 0. The van der Waals surface area contributed by atoms with Gasteiger partial charge in [-0.1, -0.05) is 30.3 Å². The molecule has 2 aromatic carbocycles. The van der Waals surface area contributed by atoms with Crippen molar-refractivity contribution in [2.24, 2.45) is 5.92 Å². The summed E-state index contributed by atoms with van der Waals surface area (Å²) in [5, 5.41) is 13.9. The van der Waals surface area contributed by atoms with Gasteiger partial charge in [0.05, 0.1) is 6.20 Å². The number of aromatic amines is 1. The van der Waals surface area contributed by atoms with Gasteiger partial charge in [0.1, 0.15) is 17.5 Å². The molecule has 0 spiro atoms. The average molecular weight is 527 g/mol. The van der Waals surface area contributed by atoms with E-state index in [0.29, 0.717) is 11.0 Å². The molecule has 0 bridgehead atoms. The van der Waals surface area contributed by atoms with Crippen LogP contribution in [0.1, 0.15) is 18.4 Å². The zero-order chi connectivity index (χ0) is 25.7. The molecule has 3 heterocycles. The van der Waals surface area contributed by atoms with Gasteiger partial charge >= 0.3 is 0 Å². The number of aromatic nitrogens is 4. The second-order valence-corrected chi connectivity index (χ2v) is 10.7. The summed E-state index contributed by atoms with van der Waals surface area (Å²) in [6.07, 6.45) is 3.69. The number of piperazine rings is 1. The van der Waals surface area contributed by atoms with Crippen LogP contribution in [0.15, 0.2) is 83.0 Å². The molecule has 2 aliphatic rings. The maximum absolute atomic E-state index is 12.1.